The van der Waals surface area contributed by atoms with Gasteiger partial charge < -0.3 is 14.1 Å². The van der Waals surface area contributed by atoms with Crippen LogP contribution in [-0.4, -0.2) is 50.5 Å². The van der Waals surface area contributed by atoms with E-state index in [1.807, 2.05) is 0 Å². The molecule has 0 aliphatic carbocycles. The third-order valence-corrected chi connectivity index (χ3v) is 3.60. The van der Waals surface area contributed by atoms with Crippen molar-refractivity contribution in [3.63, 3.8) is 0 Å². The zero-order valence-corrected chi connectivity index (χ0v) is 8.30. The van der Waals surface area contributed by atoms with Gasteiger partial charge in [-0.3, -0.25) is 0 Å². The average molecular weight is 194 g/mol. The van der Waals surface area contributed by atoms with Gasteiger partial charge in [0.1, 0.15) is 0 Å². The highest BCUT2D eigenvalue weighted by Crippen LogP contribution is 2.26. The molecule has 1 heterocycles. The SMILES string of the molecule is C[N+]1(C)CCC(O)(S(=O)O)CC1. The molecule has 0 aromatic heterocycles. The van der Waals surface area contributed by atoms with Crippen LogP contribution in [0.3, 0.4) is 0 Å². The molecule has 1 unspecified atom stereocenters. The number of hydrogen-bond acceptors (Lipinski definition) is 2. The zero-order chi connectivity index (χ0) is 9.41. The van der Waals surface area contributed by atoms with Crippen LogP contribution in [0.25, 0.3) is 0 Å². The lowest BCUT2D eigenvalue weighted by Gasteiger charge is -2.39. The highest BCUT2D eigenvalue weighted by Gasteiger charge is 2.41. The second-order valence-electron chi connectivity index (χ2n) is 4.08. The number of aliphatic hydroxyl groups is 1. The molecule has 0 aromatic rings. The van der Waals surface area contributed by atoms with Gasteiger partial charge in [-0.2, -0.15) is 0 Å². The van der Waals surface area contributed by atoms with Crippen LogP contribution in [0.4, 0.5) is 0 Å². The maximum absolute atomic E-state index is 10.7. The van der Waals surface area contributed by atoms with Crippen LogP contribution in [0.2, 0.25) is 0 Å². The van der Waals surface area contributed by atoms with Crippen molar-refractivity contribution in [1.82, 2.24) is 0 Å². The first-order valence-corrected chi connectivity index (χ1v) is 5.12. The normalized spacial score (nSPS) is 29.7. The van der Waals surface area contributed by atoms with Crippen molar-refractivity contribution in [1.29, 1.82) is 0 Å². The molecule has 0 radical (unpaired) electrons. The first-order chi connectivity index (χ1) is 5.36. The number of nitrogens with zero attached hydrogens (tertiary/aromatic N) is 1. The molecule has 12 heavy (non-hydrogen) atoms. The van der Waals surface area contributed by atoms with Gasteiger partial charge in [0, 0.05) is 12.8 Å². The minimum Gasteiger partial charge on any atom is -0.374 e. The van der Waals surface area contributed by atoms with Crippen LogP contribution >= 0.6 is 0 Å². The monoisotopic (exact) mass is 194 g/mol. The lowest BCUT2D eigenvalue weighted by atomic mass is 10.1. The molecule has 1 saturated heterocycles. The van der Waals surface area contributed by atoms with Gasteiger partial charge in [-0.25, -0.2) is 4.21 Å². The molecule has 0 aromatic carbocycles. The summed E-state index contributed by atoms with van der Waals surface area (Å²) >= 11 is -2.11. The fourth-order valence-electron chi connectivity index (χ4n) is 1.37. The molecule has 4 nitrogen and oxygen atoms in total. The third kappa shape index (κ3) is 2.04. The summed E-state index contributed by atoms with van der Waals surface area (Å²) in [6.45, 7) is 1.51. The number of piperidine rings is 1. The van der Waals surface area contributed by atoms with Crippen molar-refractivity contribution in [2.75, 3.05) is 27.2 Å². The summed E-state index contributed by atoms with van der Waals surface area (Å²) < 4.78 is 20.4. The number of quaternary nitrogens is 1. The van der Waals surface area contributed by atoms with Crippen molar-refractivity contribution in [2.45, 2.75) is 17.8 Å². The van der Waals surface area contributed by atoms with E-state index in [-0.39, 0.29) is 0 Å². The Balaban J connectivity index is 2.62. The van der Waals surface area contributed by atoms with Gasteiger partial charge in [-0.1, -0.05) is 0 Å². The van der Waals surface area contributed by atoms with E-state index in [2.05, 4.69) is 14.1 Å². The summed E-state index contributed by atoms with van der Waals surface area (Å²) in [6.07, 6.45) is 0.812. The molecule has 2 N–H and O–H groups in total. The average Bonchev–Trinajstić information content (AvgIpc) is 1.96. The van der Waals surface area contributed by atoms with Crippen LogP contribution in [0.15, 0.2) is 0 Å². The standard InChI is InChI=1S/C7H15NO3S/c1-8(2)5-3-7(9,4-6-8)12(10)11/h9H,3-6H2,1-2H3/p+1. The van der Waals surface area contributed by atoms with E-state index in [4.69, 9.17) is 4.55 Å². The van der Waals surface area contributed by atoms with Gasteiger partial charge in [0.15, 0.2) is 16.0 Å². The molecule has 0 amide bonds. The Hall–Kier alpha value is 0.0300. The maximum atomic E-state index is 10.7. The van der Waals surface area contributed by atoms with Gasteiger partial charge in [0.2, 0.25) is 0 Å². The van der Waals surface area contributed by atoms with Gasteiger partial charge >= 0.3 is 0 Å². The molecule has 1 rings (SSSR count). The Kier molecular flexibility index (Phi) is 2.58. The first kappa shape index (κ1) is 10.1. The van der Waals surface area contributed by atoms with E-state index < -0.39 is 16.0 Å². The second-order valence-corrected chi connectivity index (χ2v) is 5.34. The predicted octanol–water partition coefficient (Wildman–Crippen LogP) is -0.233. The summed E-state index contributed by atoms with van der Waals surface area (Å²) in [5.74, 6) is 0. The molecular weight excluding hydrogens is 178 g/mol. The first-order valence-electron chi connectivity index (χ1n) is 4.01. The van der Waals surface area contributed by atoms with Gasteiger partial charge in [0.05, 0.1) is 27.2 Å². The maximum Gasteiger partial charge on any atom is 0.186 e. The molecular formula is C7H16NO3S+. The highest BCUT2D eigenvalue weighted by atomic mass is 32.2. The number of hydrogen-bond donors (Lipinski definition) is 2. The van der Waals surface area contributed by atoms with Crippen molar-refractivity contribution in [3.8, 4) is 0 Å². The Labute approximate surface area is 75.1 Å². The number of rotatable bonds is 1. The largest absolute Gasteiger partial charge is 0.374 e. The van der Waals surface area contributed by atoms with E-state index in [1.54, 1.807) is 0 Å². The third-order valence-electron chi connectivity index (χ3n) is 2.54. The molecule has 5 heteroatoms. The van der Waals surface area contributed by atoms with Crippen LogP contribution < -0.4 is 0 Å². The van der Waals surface area contributed by atoms with Crippen LogP contribution in [0.1, 0.15) is 12.8 Å². The summed E-state index contributed by atoms with van der Waals surface area (Å²) in [7, 11) is 4.11. The Morgan fingerprint density at radius 3 is 2.08 bits per heavy atom. The molecule has 0 spiro atoms. The second kappa shape index (κ2) is 3.06. The van der Waals surface area contributed by atoms with Gasteiger partial charge in [-0.05, 0) is 0 Å². The van der Waals surface area contributed by atoms with Crippen molar-refractivity contribution >= 4 is 11.1 Å². The lowest BCUT2D eigenvalue weighted by Crippen LogP contribution is -2.53. The van der Waals surface area contributed by atoms with E-state index >= 15 is 0 Å². The van der Waals surface area contributed by atoms with Gasteiger partial charge in [-0.15, -0.1) is 0 Å². The smallest absolute Gasteiger partial charge is 0.186 e. The summed E-state index contributed by atoms with van der Waals surface area (Å²) in [5, 5.41) is 9.62. The minimum atomic E-state index is -2.11. The fraction of sp³-hybridized carbons (Fsp3) is 1.00. The molecule has 0 saturated carbocycles. The van der Waals surface area contributed by atoms with E-state index in [1.165, 1.54) is 0 Å². The predicted molar refractivity (Wildman–Crippen MR) is 46.8 cm³/mol. The summed E-state index contributed by atoms with van der Waals surface area (Å²) in [4.78, 5) is -1.35. The van der Waals surface area contributed by atoms with E-state index in [0.29, 0.717) is 12.8 Å². The summed E-state index contributed by atoms with van der Waals surface area (Å²) in [5.41, 5.74) is 0. The molecule has 1 aliphatic rings. The Morgan fingerprint density at radius 1 is 1.33 bits per heavy atom. The summed E-state index contributed by atoms with van der Waals surface area (Å²) in [6, 6.07) is 0. The van der Waals surface area contributed by atoms with Gasteiger partial charge in [0.25, 0.3) is 0 Å². The molecule has 72 valence electrons. The van der Waals surface area contributed by atoms with Crippen molar-refractivity contribution < 1.29 is 18.4 Å². The minimum absolute atomic E-state index is 0.406. The molecule has 1 aliphatic heterocycles. The van der Waals surface area contributed by atoms with E-state index in [0.717, 1.165) is 17.6 Å². The van der Waals surface area contributed by atoms with E-state index in [9.17, 15) is 9.32 Å². The highest BCUT2D eigenvalue weighted by molar-refractivity contribution is 7.80. The quantitative estimate of drug-likeness (QED) is 0.448. The molecule has 0 bridgehead atoms. The fourth-order valence-corrected chi connectivity index (χ4v) is 1.90. The van der Waals surface area contributed by atoms with Crippen molar-refractivity contribution in [3.05, 3.63) is 0 Å². The van der Waals surface area contributed by atoms with Crippen LogP contribution in [0.5, 0.6) is 0 Å². The molecule has 1 fully saturated rings. The zero-order valence-electron chi connectivity index (χ0n) is 7.49. The lowest BCUT2D eigenvalue weighted by molar-refractivity contribution is -0.896. The Bertz CT molecular complexity index is 195. The Morgan fingerprint density at radius 2 is 1.75 bits per heavy atom. The molecule has 1 atom stereocenters. The topological polar surface area (TPSA) is 57.5 Å². The number of likely N-dealkylation sites (tertiary alicyclic amines) is 1. The van der Waals surface area contributed by atoms with Crippen LogP contribution in [-0.2, 0) is 11.1 Å². The van der Waals surface area contributed by atoms with Crippen molar-refractivity contribution in [2.24, 2.45) is 0 Å². The van der Waals surface area contributed by atoms with Crippen LogP contribution in [0, 0.1) is 0 Å².